The standard InChI is InChI=1S/C25H21BrIN3O/c1-17-23(15-28-29-25(31)14-18-6-10-20(26)11-7-18)22-4-2-3-5-24(22)30(17)16-19-8-12-21(27)13-9-19/h2-13,15H,14,16H2,1H3,(H,29,31)/b28-15-. The highest BCUT2D eigenvalue weighted by Crippen LogP contribution is 2.25. The lowest BCUT2D eigenvalue weighted by atomic mass is 10.1. The van der Waals surface area contributed by atoms with E-state index in [9.17, 15) is 4.79 Å². The molecule has 0 unspecified atom stereocenters. The van der Waals surface area contributed by atoms with Crippen molar-refractivity contribution in [3.8, 4) is 0 Å². The average molecular weight is 586 g/mol. The number of amides is 1. The van der Waals surface area contributed by atoms with Gasteiger partial charge in [0.1, 0.15) is 0 Å². The number of carbonyl (C=O) groups is 1. The zero-order valence-corrected chi connectivity index (χ0v) is 20.7. The van der Waals surface area contributed by atoms with E-state index in [2.05, 4.69) is 96.9 Å². The molecule has 31 heavy (non-hydrogen) atoms. The molecule has 0 bridgehead atoms. The van der Waals surface area contributed by atoms with Gasteiger partial charge in [-0.3, -0.25) is 4.79 Å². The van der Waals surface area contributed by atoms with Crippen LogP contribution >= 0.6 is 38.5 Å². The fraction of sp³-hybridized carbons (Fsp3) is 0.120. The molecule has 4 aromatic rings. The molecule has 0 spiro atoms. The van der Waals surface area contributed by atoms with Crippen molar-refractivity contribution in [1.29, 1.82) is 0 Å². The monoisotopic (exact) mass is 585 g/mol. The predicted octanol–water partition coefficient (Wildman–Crippen LogP) is 6.06. The molecular formula is C25H21BrIN3O. The van der Waals surface area contributed by atoms with Crippen molar-refractivity contribution in [2.75, 3.05) is 0 Å². The number of hydrazone groups is 1. The van der Waals surface area contributed by atoms with Crippen LogP contribution in [0, 0.1) is 10.5 Å². The van der Waals surface area contributed by atoms with Crippen molar-refractivity contribution < 1.29 is 4.79 Å². The molecule has 0 atom stereocenters. The highest BCUT2D eigenvalue weighted by atomic mass is 127. The second kappa shape index (κ2) is 9.78. The summed E-state index contributed by atoms with van der Waals surface area (Å²) in [6.45, 7) is 2.88. The van der Waals surface area contributed by atoms with Gasteiger partial charge in [0.15, 0.2) is 0 Å². The van der Waals surface area contributed by atoms with E-state index >= 15 is 0 Å². The van der Waals surface area contributed by atoms with Crippen molar-refractivity contribution in [3.63, 3.8) is 0 Å². The summed E-state index contributed by atoms with van der Waals surface area (Å²) in [5.74, 6) is -0.140. The molecule has 6 heteroatoms. The van der Waals surface area contributed by atoms with Gasteiger partial charge in [0.2, 0.25) is 5.91 Å². The molecule has 0 saturated heterocycles. The number of hydrogen-bond donors (Lipinski definition) is 1. The fourth-order valence-corrected chi connectivity index (χ4v) is 4.22. The third-order valence-corrected chi connectivity index (χ3v) is 6.44. The van der Waals surface area contributed by atoms with E-state index < -0.39 is 0 Å². The minimum Gasteiger partial charge on any atom is -0.340 e. The van der Waals surface area contributed by atoms with Crippen LogP contribution in [0.3, 0.4) is 0 Å². The zero-order valence-electron chi connectivity index (χ0n) is 17.0. The van der Waals surface area contributed by atoms with Gasteiger partial charge in [-0.1, -0.05) is 58.4 Å². The Balaban J connectivity index is 1.54. The maximum atomic E-state index is 12.3. The molecule has 0 aliphatic carbocycles. The van der Waals surface area contributed by atoms with Crippen molar-refractivity contribution in [2.24, 2.45) is 5.10 Å². The first-order valence-electron chi connectivity index (χ1n) is 9.90. The molecule has 156 valence electrons. The number of nitrogens with zero attached hydrogens (tertiary/aromatic N) is 2. The largest absolute Gasteiger partial charge is 0.340 e. The number of fused-ring (bicyclic) bond motifs is 1. The SMILES string of the molecule is Cc1c(/C=N\NC(=O)Cc2ccc(Br)cc2)c2ccccc2n1Cc1ccc(I)cc1. The summed E-state index contributed by atoms with van der Waals surface area (Å²) in [6.07, 6.45) is 2.04. The summed E-state index contributed by atoms with van der Waals surface area (Å²) in [6, 6.07) is 24.6. The first-order chi connectivity index (χ1) is 15.0. The molecule has 1 heterocycles. The number of rotatable bonds is 6. The summed E-state index contributed by atoms with van der Waals surface area (Å²) >= 11 is 5.73. The Hall–Kier alpha value is -2.45. The van der Waals surface area contributed by atoms with Crippen LogP contribution in [0.15, 0.2) is 82.4 Å². The zero-order chi connectivity index (χ0) is 21.8. The molecule has 1 amide bonds. The Morgan fingerprint density at radius 2 is 1.71 bits per heavy atom. The number of halogens is 2. The van der Waals surface area contributed by atoms with Gasteiger partial charge in [-0.05, 0) is 71.0 Å². The highest BCUT2D eigenvalue weighted by Gasteiger charge is 2.13. The Bertz CT molecular complexity index is 1240. The van der Waals surface area contributed by atoms with E-state index in [4.69, 9.17) is 0 Å². The summed E-state index contributed by atoms with van der Waals surface area (Å²) in [4.78, 5) is 12.3. The smallest absolute Gasteiger partial charge is 0.244 e. The Morgan fingerprint density at radius 1 is 1.03 bits per heavy atom. The molecule has 0 fully saturated rings. The molecule has 0 aliphatic rings. The molecular weight excluding hydrogens is 565 g/mol. The number of aromatic nitrogens is 1. The quantitative estimate of drug-likeness (QED) is 0.167. The highest BCUT2D eigenvalue weighted by molar-refractivity contribution is 14.1. The third kappa shape index (κ3) is 5.25. The second-order valence-corrected chi connectivity index (χ2v) is 9.49. The van der Waals surface area contributed by atoms with Gasteiger partial charge < -0.3 is 4.57 Å². The van der Waals surface area contributed by atoms with E-state index in [1.54, 1.807) is 6.21 Å². The van der Waals surface area contributed by atoms with E-state index in [0.717, 1.165) is 38.7 Å². The molecule has 1 N–H and O–H groups in total. The molecule has 3 aromatic carbocycles. The average Bonchev–Trinajstić information content (AvgIpc) is 3.03. The summed E-state index contributed by atoms with van der Waals surface area (Å²) in [5.41, 5.74) is 8.14. The summed E-state index contributed by atoms with van der Waals surface area (Å²) in [7, 11) is 0. The lowest BCUT2D eigenvalue weighted by Crippen LogP contribution is -2.19. The van der Waals surface area contributed by atoms with Gasteiger partial charge in [0.05, 0.1) is 12.6 Å². The van der Waals surface area contributed by atoms with Gasteiger partial charge in [0, 0.05) is 36.7 Å². The molecule has 1 aromatic heterocycles. The fourth-order valence-electron chi connectivity index (χ4n) is 3.59. The van der Waals surface area contributed by atoms with E-state index in [1.807, 2.05) is 36.4 Å². The van der Waals surface area contributed by atoms with E-state index in [-0.39, 0.29) is 12.3 Å². The van der Waals surface area contributed by atoms with Crippen molar-refractivity contribution in [2.45, 2.75) is 19.9 Å². The van der Waals surface area contributed by atoms with Crippen LogP contribution in [-0.2, 0) is 17.8 Å². The van der Waals surface area contributed by atoms with Crippen LogP contribution in [-0.4, -0.2) is 16.7 Å². The minimum absolute atomic E-state index is 0.140. The second-order valence-electron chi connectivity index (χ2n) is 7.33. The van der Waals surface area contributed by atoms with Crippen LogP contribution in [0.2, 0.25) is 0 Å². The number of para-hydroxylation sites is 1. The van der Waals surface area contributed by atoms with Crippen LogP contribution < -0.4 is 5.43 Å². The molecule has 0 saturated carbocycles. The number of nitrogens with one attached hydrogen (secondary N) is 1. The third-order valence-electron chi connectivity index (χ3n) is 5.19. The van der Waals surface area contributed by atoms with Crippen LogP contribution in [0.5, 0.6) is 0 Å². The van der Waals surface area contributed by atoms with Gasteiger partial charge in [-0.25, -0.2) is 5.43 Å². The normalized spacial score (nSPS) is 11.3. The van der Waals surface area contributed by atoms with Crippen molar-refractivity contribution >= 4 is 61.5 Å². The summed E-state index contributed by atoms with van der Waals surface area (Å²) < 4.78 is 4.51. The van der Waals surface area contributed by atoms with Gasteiger partial charge >= 0.3 is 0 Å². The van der Waals surface area contributed by atoms with Crippen LogP contribution in [0.1, 0.15) is 22.4 Å². The van der Waals surface area contributed by atoms with E-state index in [1.165, 1.54) is 9.13 Å². The molecule has 0 radical (unpaired) electrons. The number of hydrogen-bond acceptors (Lipinski definition) is 2. The number of carbonyl (C=O) groups excluding carboxylic acids is 1. The Kier molecular flexibility index (Phi) is 6.87. The lowest BCUT2D eigenvalue weighted by Gasteiger charge is -2.09. The summed E-state index contributed by atoms with van der Waals surface area (Å²) in [5, 5.41) is 5.37. The topological polar surface area (TPSA) is 46.4 Å². The predicted molar refractivity (Wildman–Crippen MR) is 139 cm³/mol. The Labute approximate surface area is 203 Å². The lowest BCUT2D eigenvalue weighted by molar-refractivity contribution is -0.120. The molecule has 0 aliphatic heterocycles. The Morgan fingerprint density at radius 3 is 2.45 bits per heavy atom. The maximum Gasteiger partial charge on any atom is 0.244 e. The maximum absolute atomic E-state index is 12.3. The van der Waals surface area contributed by atoms with Gasteiger partial charge in [-0.2, -0.15) is 5.10 Å². The molecule has 4 nitrogen and oxygen atoms in total. The first kappa shape index (κ1) is 21.8. The first-order valence-corrected chi connectivity index (χ1v) is 11.8. The van der Waals surface area contributed by atoms with Crippen molar-refractivity contribution in [3.05, 3.63) is 103 Å². The van der Waals surface area contributed by atoms with Gasteiger partial charge in [-0.15, -0.1) is 0 Å². The minimum atomic E-state index is -0.140. The van der Waals surface area contributed by atoms with Crippen LogP contribution in [0.25, 0.3) is 10.9 Å². The van der Waals surface area contributed by atoms with Crippen LogP contribution in [0.4, 0.5) is 0 Å². The van der Waals surface area contributed by atoms with Gasteiger partial charge in [0.25, 0.3) is 0 Å². The van der Waals surface area contributed by atoms with Crippen molar-refractivity contribution in [1.82, 2.24) is 9.99 Å². The van der Waals surface area contributed by atoms with E-state index in [0.29, 0.717) is 0 Å². The number of benzene rings is 3. The molecule has 4 rings (SSSR count).